The maximum absolute atomic E-state index is 12.8. The Hall–Kier alpha value is -2.86. The molecule has 132 valence electrons. The molecule has 0 saturated heterocycles. The third-order valence-electron chi connectivity index (χ3n) is 4.32. The Bertz CT molecular complexity index is 1090. The van der Waals surface area contributed by atoms with Gasteiger partial charge in [-0.05, 0) is 41.5 Å². The van der Waals surface area contributed by atoms with Gasteiger partial charge in [-0.25, -0.2) is 8.42 Å². The summed E-state index contributed by atoms with van der Waals surface area (Å²) in [6.07, 6.45) is 1.01. The summed E-state index contributed by atoms with van der Waals surface area (Å²) in [6, 6.07) is 20.1. The van der Waals surface area contributed by atoms with Gasteiger partial charge in [0.2, 0.25) is 0 Å². The third-order valence-corrected chi connectivity index (χ3v) is 5.70. The quantitative estimate of drug-likeness (QED) is 0.745. The summed E-state index contributed by atoms with van der Waals surface area (Å²) in [5.74, 6) is 0.808. The van der Waals surface area contributed by atoms with Crippen LogP contribution >= 0.6 is 0 Å². The van der Waals surface area contributed by atoms with Crippen molar-refractivity contribution in [1.82, 2.24) is 5.32 Å². The molecule has 26 heavy (non-hydrogen) atoms. The van der Waals surface area contributed by atoms with Gasteiger partial charge in [0.15, 0.2) is 0 Å². The van der Waals surface area contributed by atoms with Gasteiger partial charge in [-0.2, -0.15) is 0 Å². The van der Waals surface area contributed by atoms with Gasteiger partial charge < -0.3 is 5.32 Å². The van der Waals surface area contributed by atoms with Crippen molar-refractivity contribution in [2.24, 2.45) is 4.99 Å². The molecule has 1 heterocycles. The first-order valence-electron chi connectivity index (χ1n) is 8.52. The van der Waals surface area contributed by atoms with Crippen molar-refractivity contribution in [3.05, 3.63) is 72.3 Å². The molecule has 0 bridgehead atoms. The van der Waals surface area contributed by atoms with Gasteiger partial charge in [0.1, 0.15) is 5.84 Å². The number of sulfonamides is 1. The predicted molar refractivity (Wildman–Crippen MR) is 105 cm³/mol. The fourth-order valence-electron chi connectivity index (χ4n) is 3.00. The molecule has 0 fully saturated rings. The standard InChI is InChI=1S/C20H19N3O2S/c24-26(25,19-10-9-15-5-1-2-6-16(15)14-19)23-18-8-3-7-17(13-18)20-21-11-4-12-22-20/h1-3,5-10,13-14,23H,4,11-12H2,(H,21,22). The van der Waals surface area contributed by atoms with Gasteiger partial charge in [-0.3, -0.25) is 9.71 Å². The molecule has 1 aliphatic rings. The van der Waals surface area contributed by atoms with E-state index in [0.717, 1.165) is 41.7 Å². The zero-order valence-corrected chi connectivity index (χ0v) is 15.0. The van der Waals surface area contributed by atoms with Crippen LogP contribution in [0.2, 0.25) is 0 Å². The Morgan fingerprint density at radius 3 is 2.58 bits per heavy atom. The molecule has 0 radical (unpaired) electrons. The first-order chi connectivity index (χ1) is 12.6. The number of aliphatic imine (C=N–C) groups is 1. The van der Waals surface area contributed by atoms with E-state index < -0.39 is 10.0 Å². The smallest absolute Gasteiger partial charge is 0.261 e. The third kappa shape index (κ3) is 3.41. The second-order valence-electron chi connectivity index (χ2n) is 6.21. The molecular weight excluding hydrogens is 346 g/mol. The SMILES string of the molecule is O=S(=O)(Nc1cccc(C2=NCCCN2)c1)c1ccc2ccccc2c1. The van der Waals surface area contributed by atoms with Crippen LogP contribution in [-0.2, 0) is 10.0 Å². The molecule has 5 nitrogen and oxygen atoms in total. The van der Waals surface area contributed by atoms with Gasteiger partial charge in [-0.15, -0.1) is 0 Å². The zero-order chi connectivity index (χ0) is 18.0. The molecule has 3 aromatic rings. The summed E-state index contributed by atoms with van der Waals surface area (Å²) >= 11 is 0. The number of nitrogens with zero attached hydrogens (tertiary/aromatic N) is 1. The van der Waals surface area contributed by atoms with Crippen molar-refractivity contribution in [1.29, 1.82) is 0 Å². The minimum atomic E-state index is -3.66. The molecule has 0 atom stereocenters. The van der Waals surface area contributed by atoms with Crippen molar-refractivity contribution in [3.63, 3.8) is 0 Å². The molecule has 0 spiro atoms. The molecule has 1 aliphatic heterocycles. The van der Waals surface area contributed by atoms with Gasteiger partial charge in [0, 0.05) is 24.3 Å². The lowest BCUT2D eigenvalue weighted by atomic mass is 10.1. The molecule has 0 unspecified atom stereocenters. The Kier molecular flexibility index (Phi) is 4.34. The van der Waals surface area contributed by atoms with E-state index in [4.69, 9.17) is 0 Å². The Balaban J connectivity index is 1.63. The minimum Gasteiger partial charge on any atom is -0.370 e. The number of hydrogen-bond acceptors (Lipinski definition) is 4. The second-order valence-corrected chi connectivity index (χ2v) is 7.89. The number of nitrogens with one attached hydrogen (secondary N) is 2. The van der Waals surface area contributed by atoms with Gasteiger partial charge in [-0.1, -0.05) is 42.5 Å². The Labute approximate surface area is 152 Å². The van der Waals surface area contributed by atoms with E-state index in [2.05, 4.69) is 15.0 Å². The van der Waals surface area contributed by atoms with E-state index >= 15 is 0 Å². The fourth-order valence-corrected chi connectivity index (χ4v) is 4.09. The maximum Gasteiger partial charge on any atom is 0.261 e. The number of amidine groups is 1. The summed E-state index contributed by atoms with van der Waals surface area (Å²) in [4.78, 5) is 4.70. The van der Waals surface area contributed by atoms with Crippen LogP contribution in [0.15, 0.2) is 76.6 Å². The molecule has 6 heteroatoms. The van der Waals surface area contributed by atoms with Crippen LogP contribution < -0.4 is 10.0 Å². The van der Waals surface area contributed by atoms with E-state index in [1.165, 1.54) is 0 Å². The highest BCUT2D eigenvalue weighted by Gasteiger charge is 2.15. The van der Waals surface area contributed by atoms with Gasteiger partial charge in [0.05, 0.1) is 4.90 Å². The highest BCUT2D eigenvalue weighted by Crippen LogP contribution is 2.22. The van der Waals surface area contributed by atoms with E-state index in [-0.39, 0.29) is 4.90 Å². The molecule has 0 amide bonds. The van der Waals surface area contributed by atoms with Crippen LogP contribution in [0.25, 0.3) is 10.8 Å². The summed E-state index contributed by atoms with van der Waals surface area (Å²) in [5, 5.41) is 5.15. The molecule has 0 aliphatic carbocycles. The lowest BCUT2D eigenvalue weighted by molar-refractivity contribution is 0.601. The molecule has 4 rings (SSSR count). The van der Waals surface area contributed by atoms with Crippen LogP contribution in [0.4, 0.5) is 5.69 Å². The maximum atomic E-state index is 12.8. The Morgan fingerprint density at radius 1 is 0.923 bits per heavy atom. The van der Waals surface area contributed by atoms with Crippen molar-refractivity contribution in [3.8, 4) is 0 Å². The Morgan fingerprint density at radius 2 is 1.77 bits per heavy atom. The molecule has 0 saturated carbocycles. The van der Waals surface area contributed by atoms with Crippen molar-refractivity contribution in [2.45, 2.75) is 11.3 Å². The van der Waals surface area contributed by atoms with E-state index in [1.807, 2.05) is 42.5 Å². The summed E-state index contributed by atoms with van der Waals surface area (Å²) < 4.78 is 28.2. The number of rotatable bonds is 4. The first-order valence-corrected chi connectivity index (χ1v) is 10.0. The molecule has 0 aromatic heterocycles. The topological polar surface area (TPSA) is 70.6 Å². The van der Waals surface area contributed by atoms with Crippen LogP contribution in [0.3, 0.4) is 0 Å². The average Bonchev–Trinajstić information content (AvgIpc) is 2.68. The highest BCUT2D eigenvalue weighted by molar-refractivity contribution is 7.92. The highest BCUT2D eigenvalue weighted by atomic mass is 32.2. The minimum absolute atomic E-state index is 0.245. The normalized spacial score (nSPS) is 14.5. The number of fused-ring (bicyclic) bond motifs is 1. The molecule has 3 aromatic carbocycles. The monoisotopic (exact) mass is 365 g/mol. The van der Waals surface area contributed by atoms with Crippen molar-refractivity contribution in [2.75, 3.05) is 17.8 Å². The van der Waals surface area contributed by atoms with Gasteiger partial charge in [0.25, 0.3) is 10.0 Å². The average molecular weight is 365 g/mol. The largest absolute Gasteiger partial charge is 0.370 e. The lowest BCUT2D eigenvalue weighted by Crippen LogP contribution is -2.30. The fraction of sp³-hybridized carbons (Fsp3) is 0.150. The van der Waals surface area contributed by atoms with Crippen LogP contribution in [0, 0.1) is 0 Å². The van der Waals surface area contributed by atoms with Gasteiger partial charge >= 0.3 is 0 Å². The first kappa shape index (κ1) is 16.6. The zero-order valence-electron chi connectivity index (χ0n) is 14.1. The summed E-state index contributed by atoms with van der Waals surface area (Å²) in [7, 11) is -3.66. The second kappa shape index (κ2) is 6.80. The summed E-state index contributed by atoms with van der Waals surface area (Å²) in [5.41, 5.74) is 1.40. The van der Waals surface area contributed by atoms with Crippen LogP contribution in [0.5, 0.6) is 0 Å². The van der Waals surface area contributed by atoms with E-state index in [1.54, 1.807) is 24.3 Å². The lowest BCUT2D eigenvalue weighted by Gasteiger charge is -2.16. The molecule has 2 N–H and O–H groups in total. The number of benzene rings is 3. The predicted octanol–water partition coefficient (Wildman–Crippen LogP) is 3.38. The van der Waals surface area contributed by atoms with E-state index in [9.17, 15) is 8.42 Å². The van der Waals surface area contributed by atoms with Crippen LogP contribution in [0.1, 0.15) is 12.0 Å². The number of hydrogen-bond donors (Lipinski definition) is 2. The van der Waals surface area contributed by atoms with Crippen molar-refractivity contribution < 1.29 is 8.42 Å². The van der Waals surface area contributed by atoms with Crippen molar-refractivity contribution >= 4 is 32.3 Å². The molecular formula is C20H19N3O2S. The van der Waals surface area contributed by atoms with Crippen LogP contribution in [-0.4, -0.2) is 27.3 Å². The summed E-state index contributed by atoms with van der Waals surface area (Å²) in [6.45, 7) is 1.67. The number of anilines is 1. The van der Waals surface area contributed by atoms with E-state index in [0.29, 0.717) is 5.69 Å².